The lowest BCUT2D eigenvalue weighted by atomic mass is 9.84. The average Bonchev–Trinajstić information content (AvgIpc) is 2.43. The molecule has 6 heteroatoms. The van der Waals surface area contributed by atoms with Crippen molar-refractivity contribution in [1.29, 1.82) is 0 Å². The topological polar surface area (TPSA) is 50.4 Å². The van der Waals surface area contributed by atoms with Gasteiger partial charge in [-0.3, -0.25) is 4.79 Å². The summed E-state index contributed by atoms with van der Waals surface area (Å²) in [6.45, 7) is 6.70. The van der Waals surface area contributed by atoms with E-state index in [1.165, 1.54) is 0 Å². The van der Waals surface area contributed by atoms with Crippen LogP contribution < -0.4 is 10.6 Å². The van der Waals surface area contributed by atoms with E-state index in [-0.39, 0.29) is 18.3 Å². The van der Waals surface area contributed by atoms with Crippen molar-refractivity contribution in [3.05, 3.63) is 34.3 Å². The van der Waals surface area contributed by atoms with Crippen LogP contribution in [0, 0.1) is 0 Å². The molecule has 0 unspecified atom stereocenters. The van der Waals surface area contributed by atoms with Crippen molar-refractivity contribution in [1.82, 2.24) is 10.6 Å². The molecule has 0 aliphatic rings. The van der Waals surface area contributed by atoms with Gasteiger partial charge in [-0.2, -0.15) is 0 Å². The normalized spacial score (nSPS) is 10.9. The summed E-state index contributed by atoms with van der Waals surface area (Å²) in [6, 6.07) is 7.86. The Bertz CT molecular complexity index is 424. The van der Waals surface area contributed by atoms with Crippen LogP contribution in [0.4, 0.5) is 0 Å². The molecule has 0 aliphatic heterocycles. The molecule has 0 heterocycles. The van der Waals surface area contributed by atoms with Crippen LogP contribution >= 0.6 is 28.3 Å². The monoisotopic (exact) mass is 378 g/mol. The van der Waals surface area contributed by atoms with E-state index in [0.717, 1.165) is 23.1 Å². The lowest BCUT2D eigenvalue weighted by Gasteiger charge is -2.24. The number of nitrogens with one attached hydrogen (secondary N) is 2. The predicted molar refractivity (Wildman–Crippen MR) is 92.2 cm³/mol. The quantitative estimate of drug-likeness (QED) is 0.682. The van der Waals surface area contributed by atoms with Crippen LogP contribution in [0.25, 0.3) is 0 Å². The van der Waals surface area contributed by atoms with Gasteiger partial charge in [0.25, 0.3) is 0 Å². The van der Waals surface area contributed by atoms with E-state index in [2.05, 4.69) is 26.6 Å². The second-order valence-corrected chi connectivity index (χ2v) is 6.05. The summed E-state index contributed by atoms with van der Waals surface area (Å²) in [5.41, 5.74) is 0.471. The molecule has 120 valence electrons. The summed E-state index contributed by atoms with van der Waals surface area (Å²) in [5, 5.41) is 6.15. The summed E-state index contributed by atoms with van der Waals surface area (Å²) in [7, 11) is 1.67. The van der Waals surface area contributed by atoms with Crippen molar-refractivity contribution < 1.29 is 9.53 Å². The maximum absolute atomic E-state index is 12.3. The van der Waals surface area contributed by atoms with Gasteiger partial charge in [0.05, 0.1) is 12.0 Å². The van der Waals surface area contributed by atoms with Crippen molar-refractivity contribution >= 4 is 34.2 Å². The fourth-order valence-corrected chi connectivity index (χ4v) is 2.05. The molecule has 0 bridgehead atoms. The predicted octanol–water partition coefficient (Wildman–Crippen LogP) is 2.50. The first-order valence-electron chi connectivity index (χ1n) is 6.72. The minimum Gasteiger partial charge on any atom is -0.383 e. The molecule has 1 aromatic rings. The third kappa shape index (κ3) is 6.78. The zero-order valence-electron chi connectivity index (χ0n) is 12.7. The van der Waals surface area contributed by atoms with Gasteiger partial charge >= 0.3 is 0 Å². The van der Waals surface area contributed by atoms with Crippen molar-refractivity contribution in [2.45, 2.75) is 19.3 Å². The van der Waals surface area contributed by atoms with Crippen LogP contribution in [0.2, 0.25) is 0 Å². The largest absolute Gasteiger partial charge is 0.383 e. The molecule has 1 rings (SSSR count). The van der Waals surface area contributed by atoms with Crippen molar-refractivity contribution in [2.24, 2.45) is 0 Å². The first-order chi connectivity index (χ1) is 9.48. The molecule has 4 nitrogen and oxygen atoms in total. The van der Waals surface area contributed by atoms with Gasteiger partial charge in [-0.1, -0.05) is 28.1 Å². The highest BCUT2D eigenvalue weighted by molar-refractivity contribution is 9.10. The first-order valence-corrected chi connectivity index (χ1v) is 7.52. The third-order valence-electron chi connectivity index (χ3n) is 3.20. The van der Waals surface area contributed by atoms with Crippen LogP contribution in [-0.2, 0) is 14.9 Å². The number of hydrogen-bond acceptors (Lipinski definition) is 3. The highest BCUT2D eigenvalue weighted by Crippen LogP contribution is 2.24. The fourth-order valence-electron chi connectivity index (χ4n) is 1.78. The lowest BCUT2D eigenvalue weighted by molar-refractivity contribution is -0.125. The summed E-state index contributed by atoms with van der Waals surface area (Å²) >= 11 is 3.40. The number of methoxy groups -OCH3 is 1. The molecule has 0 saturated heterocycles. The van der Waals surface area contributed by atoms with Gasteiger partial charge in [0.2, 0.25) is 5.91 Å². The first kappa shape index (κ1) is 20.4. The highest BCUT2D eigenvalue weighted by Gasteiger charge is 2.29. The molecule has 0 saturated carbocycles. The van der Waals surface area contributed by atoms with Crippen LogP contribution in [0.5, 0.6) is 0 Å². The molecule has 0 aliphatic carbocycles. The Hall–Kier alpha value is -0.620. The third-order valence-corrected chi connectivity index (χ3v) is 3.73. The smallest absolute Gasteiger partial charge is 0.230 e. The van der Waals surface area contributed by atoms with Crippen LogP contribution in [0.3, 0.4) is 0 Å². The standard InChI is InChI=1S/C15H23BrN2O2.ClH/c1-15(2,12-4-6-13(16)7-5-12)14(19)18-9-8-17-10-11-20-3;/h4-7,17H,8-11H2,1-3H3,(H,18,19);1H. The average molecular weight is 380 g/mol. The fraction of sp³-hybridized carbons (Fsp3) is 0.533. The Labute approximate surface area is 141 Å². The van der Waals surface area contributed by atoms with Crippen LogP contribution in [-0.4, -0.2) is 39.3 Å². The summed E-state index contributed by atoms with van der Waals surface area (Å²) in [6.07, 6.45) is 0. The zero-order chi connectivity index (χ0) is 15.0. The maximum atomic E-state index is 12.3. The van der Waals surface area contributed by atoms with Gasteiger partial charge in [-0.05, 0) is 31.5 Å². The van der Waals surface area contributed by atoms with E-state index >= 15 is 0 Å². The summed E-state index contributed by atoms with van der Waals surface area (Å²) in [5.74, 6) is 0.0355. The molecule has 1 amide bonds. The second kappa shape index (κ2) is 10.2. The Morgan fingerprint density at radius 3 is 2.38 bits per heavy atom. The Kier molecular flexibility index (Phi) is 9.86. The number of hydrogen-bond donors (Lipinski definition) is 2. The summed E-state index contributed by atoms with van der Waals surface area (Å²) < 4.78 is 5.95. The van der Waals surface area contributed by atoms with Gasteiger partial charge in [-0.15, -0.1) is 12.4 Å². The number of halogens is 2. The molecule has 2 N–H and O–H groups in total. The summed E-state index contributed by atoms with van der Waals surface area (Å²) in [4.78, 5) is 12.3. The van der Waals surface area contributed by atoms with E-state index in [1.54, 1.807) is 7.11 Å². The lowest BCUT2D eigenvalue weighted by Crippen LogP contribution is -2.42. The number of ether oxygens (including phenoxy) is 1. The van der Waals surface area contributed by atoms with Crippen molar-refractivity contribution in [3.63, 3.8) is 0 Å². The number of amides is 1. The van der Waals surface area contributed by atoms with E-state index in [0.29, 0.717) is 13.2 Å². The molecular weight excluding hydrogens is 356 g/mol. The zero-order valence-corrected chi connectivity index (χ0v) is 15.1. The second-order valence-electron chi connectivity index (χ2n) is 5.13. The number of carbonyl (C=O) groups excluding carboxylic acids is 1. The Balaban J connectivity index is 0.00000400. The number of rotatable bonds is 8. The van der Waals surface area contributed by atoms with Crippen molar-refractivity contribution in [3.8, 4) is 0 Å². The van der Waals surface area contributed by atoms with E-state index in [4.69, 9.17) is 4.74 Å². The minimum atomic E-state index is -0.534. The SMILES string of the molecule is COCCNCCNC(=O)C(C)(C)c1ccc(Br)cc1.Cl. The molecule has 1 aromatic carbocycles. The number of benzene rings is 1. The maximum Gasteiger partial charge on any atom is 0.230 e. The molecule has 0 fully saturated rings. The molecule has 0 spiro atoms. The molecule has 21 heavy (non-hydrogen) atoms. The van der Waals surface area contributed by atoms with Gasteiger partial charge in [0.1, 0.15) is 0 Å². The Morgan fingerprint density at radius 1 is 1.19 bits per heavy atom. The van der Waals surface area contributed by atoms with Gasteiger partial charge < -0.3 is 15.4 Å². The van der Waals surface area contributed by atoms with Crippen LogP contribution in [0.15, 0.2) is 28.7 Å². The minimum absolute atomic E-state index is 0. The van der Waals surface area contributed by atoms with Gasteiger partial charge in [-0.25, -0.2) is 0 Å². The molecular formula is C15H24BrClN2O2. The molecule has 0 atom stereocenters. The van der Waals surface area contributed by atoms with E-state index < -0.39 is 5.41 Å². The number of carbonyl (C=O) groups is 1. The van der Waals surface area contributed by atoms with Gasteiger partial charge in [0.15, 0.2) is 0 Å². The van der Waals surface area contributed by atoms with E-state index in [9.17, 15) is 4.79 Å². The van der Waals surface area contributed by atoms with Gasteiger partial charge in [0, 0.05) is 31.2 Å². The van der Waals surface area contributed by atoms with E-state index in [1.807, 2.05) is 38.1 Å². The molecule has 0 radical (unpaired) electrons. The van der Waals surface area contributed by atoms with Crippen molar-refractivity contribution in [2.75, 3.05) is 33.4 Å². The molecule has 0 aromatic heterocycles. The van der Waals surface area contributed by atoms with Crippen LogP contribution in [0.1, 0.15) is 19.4 Å². The highest BCUT2D eigenvalue weighted by atomic mass is 79.9. The Morgan fingerprint density at radius 2 is 1.81 bits per heavy atom.